The van der Waals surface area contributed by atoms with E-state index in [9.17, 15) is 18.3 Å². The number of aliphatic hydroxyl groups is 1. The smallest absolute Gasteiger partial charge is 0.381 e. The molecule has 15 heavy (non-hydrogen) atoms. The zero-order valence-corrected chi connectivity index (χ0v) is 7.62. The maximum Gasteiger partial charge on any atom is 0.416 e. The van der Waals surface area contributed by atoms with Gasteiger partial charge in [-0.15, -0.1) is 0 Å². The van der Waals surface area contributed by atoms with Crippen molar-refractivity contribution in [1.29, 1.82) is 0 Å². The lowest BCUT2D eigenvalue weighted by Gasteiger charge is -2.09. The van der Waals surface area contributed by atoms with E-state index in [1.807, 2.05) is 0 Å². The molecule has 1 unspecified atom stereocenters. The van der Waals surface area contributed by atoms with Crippen LogP contribution in [-0.2, 0) is 6.18 Å². The van der Waals surface area contributed by atoms with Gasteiger partial charge in [0.15, 0.2) is 6.10 Å². The van der Waals surface area contributed by atoms with E-state index in [0.717, 1.165) is 12.1 Å². The van der Waals surface area contributed by atoms with Crippen molar-refractivity contribution >= 4 is 0 Å². The molecule has 0 saturated carbocycles. The van der Waals surface area contributed by atoms with E-state index in [1.165, 1.54) is 12.1 Å². The number of benzene rings is 1. The van der Waals surface area contributed by atoms with E-state index in [0.29, 0.717) is 0 Å². The number of alkyl halides is 3. The number of hydrogen-bond acceptors (Lipinski definition) is 1. The first kappa shape index (κ1) is 11.5. The third-order valence-corrected chi connectivity index (χ3v) is 1.86. The highest BCUT2D eigenvalue weighted by atomic mass is 19.4. The fraction of sp³-hybridized carbons (Fsp3) is 0.300. The largest absolute Gasteiger partial charge is 0.416 e. The van der Waals surface area contributed by atoms with Gasteiger partial charge in [-0.3, -0.25) is 0 Å². The summed E-state index contributed by atoms with van der Waals surface area (Å²) in [6.07, 6.45) is -5.59. The van der Waals surface area contributed by atoms with Gasteiger partial charge in [0.05, 0.1) is 5.56 Å². The molecule has 0 aliphatic carbocycles. The van der Waals surface area contributed by atoms with Gasteiger partial charge in [-0.25, -0.2) is 6.57 Å². The van der Waals surface area contributed by atoms with Crippen LogP contribution >= 0.6 is 0 Å². The van der Waals surface area contributed by atoms with Crippen LogP contribution in [0.25, 0.3) is 4.85 Å². The number of hydrogen-bond donors (Lipinski definition) is 1. The average molecular weight is 215 g/mol. The van der Waals surface area contributed by atoms with Gasteiger partial charge in [-0.1, -0.05) is 12.1 Å². The molecular formula is C10H8F3NO. The summed E-state index contributed by atoms with van der Waals surface area (Å²) in [5.41, 5.74) is -0.704. The molecule has 1 aromatic carbocycles. The van der Waals surface area contributed by atoms with Gasteiger partial charge in [0.2, 0.25) is 6.54 Å². The summed E-state index contributed by atoms with van der Waals surface area (Å²) < 4.78 is 36.8. The highest BCUT2D eigenvalue weighted by Crippen LogP contribution is 2.30. The Hall–Kier alpha value is -1.54. The molecule has 5 heteroatoms. The van der Waals surface area contributed by atoms with Gasteiger partial charge < -0.3 is 9.95 Å². The Balaban J connectivity index is 2.99. The Morgan fingerprint density at radius 2 is 2.07 bits per heavy atom. The molecule has 80 valence electrons. The van der Waals surface area contributed by atoms with Crippen LogP contribution in [0.3, 0.4) is 0 Å². The monoisotopic (exact) mass is 215 g/mol. The quantitative estimate of drug-likeness (QED) is 0.753. The molecule has 0 amide bonds. The third kappa shape index (κ3) is 2.96. The first-order valence-corrected chi connectivity index (χ1v) is 4.13. The second-order valence-corrected chi connectivity index (χ2v) is 2.98. The highest BCUT2D eigenvalue weighted by molar-refractivity contribution is 5.27. The predicted octanol–water partition coefficient (Wildman–Crippen LogP) is 2.66. The Bertz CT molecular complexity index is 381. The molecule has 0 radical (unpaired) electrons. The van der Waals surface area contributed by atoms with Gasteiger partial charge in [-0.05, 0) is 17.7 Å². The molecule has 2 nitrogen and oxygen atoms in total. The SMILES string of the molecule is [C-]#[N+]CC(O)c1cccc(C(F)(F)F)c1. The molecule has 0 aliphatic heterocycles. The first-order chi connectivity index (χ1) is 6.95. The second-order valence-electron chi connectivity index (χ2n) is 2.98. The third-order valence-electron chi connectivity index (χ3n) is 1.86. The van der Waals surface area contributed by atoms with Crippen LogP contribution in [0.1, 0.15) is 17.2 Å². The number of halogens is 3. The van der Waals surface area contributed by atoms with Crippen LogP contribution < -0.4 is 0 Å². The standard InChI is InChI=1S/C10H8F3NO/c1-14-6-9(15)7-3-2-4-8(5-7)10(11,12)13/h2-5,9,15H,6H2. The maximum absolute atomic E-state index is 12.3. The maximum atomic E-state index is 12.3. The molecule has 0 saturated heterocycles. The van der Waals surface area contributed by atoms with Gasteiger partial charge in [0.25, 0.3) is 0 Å². The van der Waals surface area contributed by atoms with Crippen LogP contribution in [0.2, 0.25) is 0 Å². The molecule has 1 aromatic rings. The molecule has 0 fully saturated rings. The van der Waals surface area contributed by atoms with Crippen LogP contribution in [0.4, 0.5) is 13.2 Å². The molecule has 0 aliphatic rings. The van der Waals surface area contributed by atoms with Crippen molar-refractivity contribution in [3.8, 4) is 0 Å². The summed E-state index contributed by atoms with van der Waals surface area (Å²) in [7, 11) is 0. The van der Waals surface area contributed by atoms with Crippen molar-refractivity contribution in [2.24, 2.45) is 0 Å². The normalized spacial score (nSPS) is 13.3. The van der Waals surface area contributed by atoms with E-state index in [-0.39, 0.29) is 12.1 Å². The minimum Gasteiger partial charge on any atom is -0.381 e. The van der Waals surface area contributed by atoms with Crippen LogP contribution in [0.15, 0.2) is 24.3 Å². The summed E-state index contributed by atoms with van der Waals surface area (Å²) in [5, 5.41) is 9.33. The fourth-order valence-electron chi connectivity index (χ4n) is 1.11. The molecule has 0 aromatic heterocycles. The minimum atomic E-state index is -4.42. The molecule has 0 spiro atoms. The van der Waals surface area contributed by atoms with E-state index in [2.05, 4.69) is 4.85 Å². The van der Waals surface area contributed by atoms with Gasteiger partial charge in [0, 0.05) is 0 Å². The van der Waals surface area contributed by atoms with Crippen LogP contribution in [-0.4, -0.2) is 11.7 Å². The Morgan fingerprint density at radius 1 is 1.40 bits per heavy atom. The molecule has 1 rings (SSSR count). The topological polar surface area (TPSA) is 24.6 Å². The Kier molecular flexibility index (Phi) is 3.32. The lowest BCUT2D eigenvalue weighted by Crippen LogP contribution is -2.07. The second kappa shape index (κ2) is 4.32. The lowest BCUT2D eigenvalue weighted by atomic mass is 10.1. The van der Waals surface area contributed by atoms with Crippen LogP contribution in [0, 0.1) is 6.57 Å². The van der Waals surface area contributed by atoms with Crippen LogP contribution in [0.5, 0.6) is 0 Å². The Morgan fingerprint density at radius 3 is 2.60 bits per heavy atom. The van der Waals surface area contributed by atoms with E-state index in [1.54, 1.807) is 0 Å². The van der Waals surface area contributed by atoms with Crippen molar-refractivity contribution in [2.45, 2.75) is 12.3 Å². The molecular weight excluding hydrogens is 207 g/mol. The number of rotatable bonds is 2. The number of aliphatic hydroxyl groups excluding tert-OH is 1. The number of nitrogens with zero attached hydrogens (tertiary/aromatic N) is 1. The summed E-state index contributed by atoms with van der Waals surface area (Å²) >= 11 is 0. The summed E-state index contributed by atoms with van der Waals surface area (Å²) in [6, 6.07) is 4.36. The van der Waals surface area contributed by atoms with Crippen molar-refractivity contribution in [3.63, 3.8) is 0 Å². The van der Waals surface area contributed by atoms with E-state index >= 15 is 0 Å². The van der Waals surface area contributed by atoms with Gasteiger partial charge in [0.1, 0.15) is 0 Å². The van der Waals surface area contributed by atoms with Gasteiger partial charge >= 0.3 is 6.18 Å². The highest BCUT2D eigenvalue weighted by Gasteiger charge is 2.30. The lowest BCUT2D eigenvalue weighted by molar-refractivity contribution is -0.137. The Labute approximate surface area is 84.8 Å². The van der Waals surface area contributed by atoms with Crippen molar-refractivity contribution in [2.75, 3.05) is 6.54 Å². The van der Waals surface area contributed by atoms with E-state index < -0.39 is 17.8 Å². The zero-order valence-electron chi connectivity index (χ0n) is 7.62. The van der Waals surface area contributed by atoms with E-state index in [4.69, 9.17) is 6.57 Å². The zero-order chi connectivity index (χ0) is 11.5. The summed E-state index contributed by atoms with van der Waals surface area (Å²) in [6.45, 7) is 6.27. The average Bonchev–Trinajstić information content (AvgIpc) is 2.17. The fourth-order valence-corrected chi connectivity index (χ4v) is 1.11. The van der Waals surface area contributed by atoms with Crippen molar-refractivity contribution in [3.05, 3.63) is 46.8 Å². The van der Waals surface area contributed by atoms with Gasteiger partial charge in [-0.2, -0.15) is 13.2 Å². The molecule has 1 N–H and O–H groups in total. The molecule has 1 atom stereocenters. The summed E-state index contributed by atoms with van der Waals surface area (Å²) in [4.78, 5) is 2.92. The molecule has 0 heterocycles. The first-order valence-electron chi connectivity index (χ1n) is 4.13. The molecule has 0 bridgehead atoms. The predicted molar refractivity (Wildman–Crippen MR) is 47.9 cm³/mol. The van der Waals surface area contributed by atoms with Crippen molar-refractivity contribution < 1.29 is 18.3 Å². The minimum absolute atomic E-state index is 0.112. The van der Waals surface area contributed by atoms with Crippen molar-refractivity contribution in [1.82, 2.24) is 0 Å². The summed E-state index contributed by atoms with van der Waals surface area (Å²) in [5.74, 6) is 0.